The fraction of sp³-hybridized carbons (Fsp3) is 0.438. The van der Waals surface area contributed by atoms with Gasteiger partial charge < -0.3 is 10.6 Å². The SMILES string of the molecule is CC(=O)NCC=Cc1ccc(CNC(C)(C)C)cc1. The van der Waals surface area contributed by atoms with Crippen LogP contribution in [-0.2, 0) is 11.3 Å². The Labute approximate surface area is 116 Å². The summed E-state index contributed by atoms with van der Waals surface area (Å²) in [5, 5.41) is 6.19. The molecule has 3 heteroatoms. The number of hydrogen-bond acceptors (Lipinski definition) is 2. The molecule has 0 aromatic heterocycles. The van der Waals surface area contributed by atoms with Gasteiger partial charge >= 0.3 is 0 Å². The third-order valence-electron chi connectivity index (χ3n) is 2.58. The predicted octanol–water partition coefficient (Wildman–Crippen LogP) is 2.72. The summed E-state index contributed by atoms with van der Waals surface area (Å²) in [4.78, 5) is 10.7. The highest BCUT2D eigenvalue weighted by molar-refractivity contribution is 5.73. The van der Waals surface area contributed by atoms with Crippen molar-refractivity contribution in [3.8, 4) is 0 Å². The zero-order valence-corrected chi connectivity index (χ0v) is 12.3. The molecule has 0 aliphatic heterocycles. The molecule has 1 rings (SSSR count). The molecule has 3 nitrogen and oxygen atoms in total. The van der Waals surface area contributed by atoms with Crippen molar-refractivity contribution in [1.82, 2.24) is 10.6 Å². The van der Waals surface area contributed by atoms with Crippen molar-refractivity contribution in [2.45, 2.75) is 39.8 Å². The smallest absolute Gasteiger partial charge is 0.217 e. The third kappa shape index (κ3) is 7.42. The first-order valence-electron chi connectivity index (χ1n) is 6.62. The van der Waals surface area contributed by atoms with Crippen LogP contribution in [-0.4, -0.2) is 18.0 Å². The largest absolute Gasteiger partial charge is 0.353 e. The van der Waals surface area contributed by atoms with Gasteiger partial charge in [-0.05, 0) is 31.9 Å². The first-order valence-corrected chi connectivity index (χ1v) is 6.62. The van der Waals surface area contributed by atoms with Gasteiger partial charge in [-0.2, -0.15) is 0 Å². The van der Waals surface area contributed by atoms with Crippen molar-refractivity contribution >= 4 is 12.0 Å². The minimum atomic E-state index is -0.00625. The first kappa shape index (κ1) is 15.4. The molecule has 0 saturated carbocycles. The maximum atomic E-state index is 10.7. The summed E-state index contributed by atoms with van der Waals surface area (Å²) in [7, 11) is 0. The third-order valence-corrected chi connectivity index (χ3v) is 2.58. The molecule has 0 fully saturated rings. The van der Waals surface area contributed by atoms with E-state index in [4.69, 9.17) is 0 Å². The Morgan fingerprint density at radius 1 is 1.21 bits per heavy atom. The van der Waals surface area contributed by atoms with Gasteiger partial charge in [0.15, 0.2) is 0 Å². The fourth-order valence-electron chi connectivity index (χ4n) is 1.51. The summed E-state index contributed by atoms with van der Waals surface area (Å²) in [6.45, 7) is 9.44. The average molecular weight is 260 g/mol. The number of benzene rings is 1. The van der Waals surface area contributed by atoms with Crippen LogP contribution in [0.4, 0.5) is 0 Å². The summed E-state index contributed by atoms with van der Waals surface area (Å²) in [5.74, 6) is -0.00625. The van der Waals surface area contributed by atoms with Crippen LogP contribution in [0.3, 0.4) is 0 Å². The number of hydrogen-bond donors (Lipinski definition) is 2. The summed E-state index contributed by atoms with van der Waals surface area (Å²) in [5.41, 5.74) is 2.55. The Hall–Kier alpha value is -1.61. The van der Waals surface area contributed by atoms with Crippen LogP contribution in [0.25, 0.3) is 6.08 Å². The highest BCUT2D eigenvalue weighted by Crippen LogP contribution is 2.08. The van der Waals surface area contributed by atoms with Gasteiger partial charge in [0.1, 0.15) is 0 Å². The first-order chi connectivity index (χ1) is 8.87. The number of amides is 1. The van der Waals surface area contributed by atoms with Crippen LogP contribution in [0.1, 0.15) is 38.8 Å². The minimum absolute atomic E-state index is 0.00625. The van der Waals surface area contributed by atoms with Gasteiger partial charge in [-0.15, -0.1) is 0 Å². The Balaban J connectivity index is 2.45. The van der Waals surface area contributed by atoms with Gasteiger partial charge in [0, 0.05) is 25.6 Å². The molecule has 19 heavy (non-hydrogen) atoms. The van der Waals surface area contributed by atoms with Crippen LogP contribution in [0, 0.1) is 0 Å². The Morgan fingerprint density at radius 3 is 2.37 bits per heavy atom. The van der Waals surface area contributed by atoms with Crippen molar-refractivity contribution in [3.63, 3.8) is 0 Å². The van der Waals surface area contributed by atoms with Crippen molar-refractivity contribution < 1.29 is 4.79 Å². The van der Waals surface area contributed by atoms with Gasteiger partial charge in [0.05, 0.1) is 0 Å². The molecule has 0 aliphatic rings. The second kappa shape index (κ2) is 7.10. The molecular weight excluding hydrogens is 236 g/mol. The second-order valence-electron chi connectivity index (χ2n) is 5.68. The summed E-state index contributed by atoms with van der Waals surface area (Å²) in [6.07, 6.45) is 3.96. The Morgan fingerprint density at radius 2 is 1.84 bits per heavy atom. The highest BCUT2D eigenvalue weighted by Gasteiger charge is 2.07. The molecule has 0 spiro atoms. The van der Waals surface area contributed by atoms with E-state index < -0.39 is 0 Å². The lowest BCUT2D eigenvalue weighted by Gasteiger charge is -2.20. The van der Waals surface area contributed by atoms with Crippen LogP contribution >= 0.6 is 0 Å². The lowest BCUT2D eigenvalue weighted by molar-refractivity contribution is -0.118. The number of rotatable bonds is 5. The summed E-state index contributed by atoms with van der Waals surface area (Å²) in [6, 6.07) is 8.42. The van der Waals surface area contributed by atoms with Crippen LogP contribution in [0.2, 0.25) is 0 Å². The standard InChI is InChI=1S/C16H24N2O/c1-13(19)17-11-5-6-14-7-9-15(10-8-14)12-18-16(2,3)4/h5-10,18H,11-12H2,1-4H3,(H,17,19). The van der Waals surface area contributed by atoms with E-state index in [1.54, 1.807) is 0 Å². The number of nitrogens with one attached hydrogen (secondary N) is 2. The van der Waals surface area contributed by atoms with Crippen molar-refractivity contribution in [2.75, 3.05) is 6.54 Å². The lowest BCUT2D eigenvalue weighted by atomic mass is 10.1. The number of carbonyl (C=O) groups excluding carboxylic acids is 1. The van der Waals surface area contributed by atoms with Crippen molar-refractivity contribution in [1.29, 1.82) is 0 Å². The molecule has 1 aromatic carbocycles. The molecular formula is C16H24N2O. The van der Waals surface area contributed by atoms with E-state index in [9.17, 15) is 4.79 Å². The zero-order valence-electron chi connectivity index (χ0n) is 12.3. The summed E-state index contributed by atoms with van der Waals surface area (Å²) >= 11 is 0. The summed E-state index contributed by atoms with van der Waals surface area (Å²) < 4.78 is 0. The lowest BCUT2D eigenvalue weighted by Crippen LogP contribution is -2.35. The van der Waals surface area contributed by atoms with E-state index in [-0.39, 0.29) is 11.4 Å². The van der Waals surface area contributed by atoms with E-state index in [1.807, 2.05) is 12.2 Å². The molecule has 0 atom stereocenters. The van der Waals surface area contributed by atoms with Gasteiger partial charge in [-0.3, -0.25) is 4.79 Å². The molecule has 0 radical (unpaired) electrons. The minimum Gasteiger partial charge on any atom is -0.353 e. The Bertz CT molecular complexity index is 427. The molecule has 0 aliphatic carbocycles. The maximum absolute atomic E-state index is 10.7. The average Bonchev–Trinajstić information content (AvgIpc) is 2.32. The normalized spacial score (nSPS) is 11.8. The molecule has 104 valence electrons. The monoisotopic (exact) mass is 260 g/mol. The predicted molar refractivity (Wildman–Crippen MR) is 80.8 cm³/mol. The van der Waals surface area contributed by atoms with Crippen molar-refractivity contribution in [2.24, 2.45) is 0 Å². The number of carbonyl (C=O) groups is 1. The molecule has 0 saturated heterocycles. The van der Waals surface area contributed by atoms with Crippen LogP contribution < -0.4 is 10.6 Å². The van der Waals surface area contributed by atoms with Gasteiger partial charge in [0.2, 0.25) is 5.91 Å². The molecule has 0 bridgehead atoms. The van der Waals surface area contributed by atoms with Gasteiger partial charge in [0.25, 0.3) is 0 Å². The second-order valence-corrected chi connectivity index (χ2v) is 5.68. The van der Waals surface area contributed by atoms with E-state index in [0.717, 1.165) is 12.1 Å². The van der Waals surface area contributed by atoms with E-state index in [2.05, 4.69) is 55.7 Å². The maximum Gasteiger partial charge on any atom is 0.217 e. The van der Waals surface area contributed by atoms with Crippen LogP contribution in [0.5, 0.6) is 0 Å². The van der Waals surface area contributed by atoms with Gasteiger partial charge in [-0.25, -0.2) is 0 Å². The highest BCUT2D eigenvalue weighted by atomic mass is 16.1. The molecule has 1 amide bonds. The fourth-order valence-corrected chi connectivity index (χ4v) is 1.51. The quantitative estimate of drug-likeness (QED) is 0.854. The van der Waals surface area contributed by atoms with Crippen LogP contribution in [0.15, 0.2) is 30.3 Å². The molecule has 1 aromatic rings. The van der Waals surface area contributed by atoms with E-state index in [1.165, 1.54) is 12.5 Å². The Kier molecular flexibility index (Phi) is 5.77. The van der Waals surface area contributed by atoms with E-state index in [0.29, 0.717) is 6.54 Å². The van der Waals surface area contributed by atoms with Crippen molar-refractivity contribution in [3.05, 3.63) is 41.5 Å². The molecule has 0 unspecified atom stereocenters. The topological polar surface area (TPSA) is 41.1 Å². The molecule has 0 heterocycles. The zero-order chi connectivity index (χ0) is 14.3. The van der Waals surface area contributed by atoms with E-state index >= 15 is 0 Å². The van der Waals surface area contributed by atoms with Gasteiger partial charge in [-0.1, -0.05) is 36.4 Å². The molecule has 2 N–H and O–H groups in total.